The van der Waals surface area contributed by atoms with Gasteiger partial charge >= 0.3 is 5.97 Å². The Balaban J connectivity index is 2.16. The highest BCUT2D eigenvalue weighted by molar-refractivity contribution is 5.96. The summed E-state index contributed by atoms with van der Waals surface area (Å²) < 4.78 is 4.80. The number of nitrogen functional groups attached to an aromatic ring is 1. The van der Waals surface area contributed by atoms with Gasteiger partial charge in [0.05, 0.1) is 12.7 Å². The Morgan fingerprint density at radius 2 is 2.10 bits per heavy atom. The lowest BCUT2D eigenvalue weighted by Crippen LogP contribution is -2.25. The Bertz CT molecular complexity index is 500. The number of carbonyl (C=O) groups is 1. The molecule has 0 radical (unpaired) electrons. The molecule has 1 fully saturated rings. The molecule has 1 aliphatic rings. The van der Waals surface area contributed by atoms with Gasteiger partial charge in [0, 0.05) is 24.5 Å². The summed E-state index contributed by atoms with van der Waals surface area (Å²) in [5.74, 6) is 1.16. The second-order valence-corrected chi connectivity index (χ2v) is 6.19. The fourth-order valence-corrected chi connectivity index (χ4v) is 3.07. The van der Waals surface area contributed by atoms with E-state index >= 15 is 0 Å². The Morgan fingerprint density at radius 1 is 1.33 bits per heavy atom. The van der Waals surface area contributed by atoms with Crippen LogP contribution in [0.5, 0.6) is 0 Å². The molecule has 1 saturated heterocycles. The average molecular weight is 290 g/mol. The molecular formula is C17H26N2O2. The lowest BCUT2D eigenvalue weighted by molar-refractivity contribution is 0.0602. The highest BCUT2D eigenvalue weighted by Crippen LogP contribution is 2.29. The fourth-order valence-electron chi connectivity index (χ4n) is 3.07. The zero-order valence-electron chi connectivity index (χ0n) is 13.3. The monoisotopic (exact) mass is 290 g/mol. The standard InChI is InChI=1S/C17H26N2O2/c1-12(2)13-5-4-9-19(10-8-13)14-6-7-16(18)15(11-14)17(20)21-3/h6-7,11-13H,4-5,8-10,18H2,1-3H3. The van der Waals surface area contributed by atoms with E-state index < -0.39 is 0 Å². The molecule has 21 heavy (non-hydrogen) atoms. The number of carbonyl (C=O) groups excluding carboxylic acids is 1. The first kappa shape index (κ1) is 15.7. The fraction of sp³-hybridized carbons (Fsp3) is 0.588. The van der Waals surface area contributed by atoms with Crippen LogP contribution in [-0.4, -0.2) is 26.2 Å². The molecule has 2 N–H and O–H groups in total. The molecule has 1 unspecified atom stereocenters. The minimum atomic E-state index is -0.371. The third-order valence-electron chi connectivity index (χ3n) is 4.52. The normalized spacial score (nSPS) is 19.4. The van der Waals surface area contributed by atoms with Crippen LogP contribution in [0, 0.1) is 11.8 Å². The zero-order chi connectivity index (χ0) is 15.4. The van der Waals surface area contributed by atoms with Gasteiger partial charge in [-0.25, -0.2) is 4.79 Å². The average Bonchev–Trinajstić information content (AvgIpc) is 2.73. The minimum Gasteiger partial charge on any atom is -0.465 e. The van der Waals surface area contributed by atoms with E-state index in [0.717, 1.165) is 30.6 Å². The lowest BCUT2D eigenvalue weighted by atomic mass is 9.89. The van der Waals surface area contributed by atoms with Gasteiger partial charge in [0.25, 0.3) is 0 Å². The van der Waals surface area contributed by atoms with E-state index in [1.807, 2.05) is 12.1 Å². The van der Waals surface area contributed by atoms with Crippen LogP contribution in [-0.2, 0) is 4.74 Å². The minimum absolute atomic E-state index is 0.371. The summed E-state index contributed by atoms with van der Waals surface area (Å²) in [5, 5.41) is 0. The van der Waals surface area contributed by atoms with E-state index in [1.54, 1.807) is 6.07 Å². The Labute approximate surface area is 127 Å². The van der Waals surface area contributed by atoms with Crippen LogP contribution in [0.25, 0.3) is 0 Å². The van der Waals surface area contributed by atoms with Gasteiger partial charge in [0.15, 0.2) is 0 Å². The van der Waals surface area contributed by atoms with Crippen LogP contribution in [0.1, 0.15) is 43.5 Å². The van der Waals surface area contributed by atoms with Crippen LogP contribution in [0.2, 0.25) is 0 Å². The lowest BCUT2D eigenvalue weighted by Gasteiger charge is -2.24. The predicted molar refractivity (Wildman–Crippen MR) is 86.6 cm³/mol. The van der Waals surface area contributed by atoms with Gasteiger partial charge in [-0.05, 0) is 49.3 Å². The molecule has 0 spiro atoms. The molecule has 0 saturated carbocycles. The van der Waals surface area contributed by atoms with Crippen molar-refractivity contribution in [2.24, 2.45) is 11.8 Å². The summed E-state index contributed by atoms with van der Waals surface area (Å²) in [7, 11) is 1.38. The molecule has 4 heteroatoms. The van der Waals surface area contributed by atoms with Crippen molar-refractivity contribution in [2.75, 3.05) is 30.8 Å². The molecule has 1 atom stereocenters. The number of hydrogen-bond donors (Lipinski definition) is 1. The highest BCUT2D eigenvalue weighted by atomic mass is 16.5. The van der Waals surface area contributed by atoms with Crippen LogP contribution in [0.3, 0.4) is 0 Å². The van der Waals surface area contributed by atoms with Crippen molar-refractivity contribution < 1.29 is 9.53 Å². The topological polar surface area (TPSA) is 55.6 Å². The SMILES string of the molecule is COC(=O)c1cc(N2CCCC(C(C)C)CC2)ccc1N. The van der Waals surface area contributed by atoms with Crippen LogP contribution >= 0.6 is 0 Å². The number of benzene rings is 1. The number of rotatable bonds is 3. The van der Waals surface area contributed by atoms with Gasteiger partial charge in [-0.3, -0.25) is 0 Å². The van der Waals surface area contributed by atoms with Gasteiger partial charge in [-0.2, -0.15) is 0 Å². The van der Waals surface area contributed by atoms with Crippen molar-refractivity contribution in [3.8, 4) is 0 Å². The van der Waals surface area contributed by atoms with Crippen LogP contribution in [0.15, 0.2) is 18.2 Å². The molecule has 1 heterocycles. The molecular weight excluding hydrogens is 264 g/mol. The Morgan fingerprint density at radius 3 is 2.76 bits per heavy atom. The van der Waals surface area contributed by atoms with Gasteiger partial charge < -0.3 is 15.4 Å². The van der Waals surface area contributed by atoms with E-state index in [0.29, 0.717) is 11.3 Å². The van der Waals surface area contributed by atoms with E-state index in [1.165, 1.54) is 26.4 Å². The number of ether oxygens (including phenoxy) is 1. The molecule has 1 aromatic rings. The maximum atomic E-state index is 11.8. The first-order valence-electron chi connectivity index (χ1n) is 7.75. The first-order chi connectivity index (χ1) is 10.0. The molecule has 1 aliphatic heterocycles. The zero-order valence-corrected chi connectivity index (χ0v) is 13.3. The number of nitrogens with zero attached hydrogens (tertiary/aromatic N) is 1. The molecule has 0 bridgehead atoms. The van der Waals surface area contributed by atoms with Crippen molar-refractivity contribution in [3.63, 3.8) is 0 Å². The third kappa shape index (κ3) is 3.69. The quantitative estimate of drug-likeness (QED) is 0.685. The molecule has 116 valence electrons. The van der Waals surface area contributed by atoms with Crippen LogP contribution in [0.4, 0.5) is 11.4 Å². The second kappa shape index (κ2) is 6.83. The summed E-state index contributed by atoms with van der Waals surface area (Å²) in [4.78, 5) is 14.1. The van der Waals surface area contributed by atoms with Crippen molar-refractivity contribution in [1.82, 2.24) is 0 Å². The summed E-state index contributed by atoms with van der Waals surface area (Å²) in [5.41, 5.74) is 7.86. The number of esters is 1. The van der Waals surface area contributed by atoms with Crippen molar-refractivity contribution >= 4 is 17.3 Å². The van der Waals surface area contributed by atoms with E-state index in [-0.39, 0.29) is 5.97 Å². The summed E-state index contributed by atoms with van der Waals surface area (Å²) >= 11 is 0. The molecule has 0 aliphatic carbocycles. The number of anilines is 2. The van der Waals surface area contributed by atoms with Gasteiger partial charge in [-0.1, -0.05) is 13.8 Å². The molecule has 0 aromatic heterocycles. The van der Waals surface area contributed by atoms with Gasteiger partial charge in [-0.15, -0.1) is 0 Å². The summed E-state index contributed by atoms with van der Waals surface area (Å²) in [6, 6.07) is 5.65. The van der Waals surface area contributed by atoms with Gasteiger partial charge in [0.2, 0.25) is 0 Å². The number of hydrogen-bond acceptors (Lipinski definition) is 4. The number of nitrogens with two attached hydrogens (primary N) is 1. The van der Waals surface area contributed by atoms with E-state index in [9.17, 15) is 4.79 Å². The molecule has 2 rings (SSSR count). The highest BCUT2D eigenvalue weighted by Gasteiger charge is 2.20. The van der Waals surface area contributed by atoms with Crippen molar-refractivity contribution in [3.05, 3.63) is 23.8 Å². The molecule has 0 amide bonds. The Kier molecular flexibility index (Phi) is 5.10. The Hall–Kier alpha value is -1.71. The van der Waals surface area contributed by atoms with E-state index in [2.05, 4.69) is 18.7 Å². The number of methoxy groups -OCH3 is 1. The largest absolute Gasteiger partial charge is 0.465 e. The maximum absolute atomic E-state index is 11.8. The first-order valence-corrected chi connectivity index (χ1v) is 7.75. The smallest absolute Gasteiger partial charge is 0.340 e. The maximum Gasteiger partial charge on any atom is 0.340 e. The third-order valence-corrected chi connectivity index (χ3v) is 4.52. The van der Waals surface area contributed by atoms with E-state index in [4.69, 9.17) is 10.5 Å². The summed E-state index contributed by atoms with van der Waals surface area (Å²) in [6.45, 7) is 6.68. The predicted octanol–water partition coefficient (Wildman–Crippen LogP) is 3.32. The molecule has 1 aromatic carbocycles. The van der Waals surface area contributed by atoms with Crippen molar-refractivity contribution in [2.45, 2.75) is 33.1 Å². The second-order valence-electron chi connectivity index (χ2n) is 6.19. The van der Waals surface area contributed by atoms with Gasteiger partial charge in [0.1, 0.15) is 0 Å². The van der Waals surface area contributed by atoms with Crippen LogP contribution < -0.4 is 10.6 Å². The van der Waals surface area contributed by atoms with Crippen molar-refractivity contribution in [1.29, 1.82) is 0 Å². The summed E-state index contributed by atoms with van der Waals surface area (Å²) in [6.07, 6.45) is 3.68. The molecule has 4 nitrogen and oxygen atoms in total.